The number of aryl methyl sites for hydroxylation is 1. The van der Waals surface area contributed by atoms with Gasteiger partial charge in [0.2, 0.25) is 0 Å². The Bertz CT molecular complexity index is 1130. The van der Waals surface area contributed by atoms with Gasteiger partial charge in [0.1, 0.15) is 0 Å². The molecule has 0 radical (unpaired) electrons. The molecule has 0 aliphatic carbocycles. The molecule has 1 N–H and O–H groups in total. The maximum Gasteiger partial charge on any atom is 0.255 e. The second-order valence-electron chi connectivity index (χ2n) is 8.01. The van der Waals surface area contributed by atoms with E-state index in [4.69, 9.17) is 0 Å². The summed E-state index contributed by atoms with van der Waals surface area (Å²) in [6.07, 6.45) is 2.05. The van der Waals surface area contributed by atoms with E-state index in [0.717, 1.165) is 21.9 Å². The Balaban J connectivity index is 1.48. The number of imidazole rings is 1. The molecule has 0 atom stereocenters. The zero-order valence-corrected chi connectivity index (χ0v) is 17.3. The van der Waals surface area contributed by atoms with E-state index in [2.05, 4.69) is 47.8 Å². The Morgan fingerprint density at radius 2 is 1.71 bits per heavy atom. The lowest BCUT2D eigenvalue weighted by atomic mass is 9.87. The fourth-order valence-electron chi connectivity index (χ4n) is 3.08. The SMILES string of the molecule is Cc1csc2nc(-c3ccc(NC(=O)c4ccc(C(C)(C)C)cc4)cc3)cn12. The second kappa shape index (κ2) is 6.91. The Kier molecular flexibility index (Phi) is 4.55. The molecule has 2 heterocycles. The highest BCUT2D eigenvalue weighted by atomic mass is 32.1. The first-order valence-electron chi connectivity index (χ1n) is 9.27. The largest absolute Gasteiger partial charge is 0.322 e. The predicted octanol–water partition coefficient (Wildman–Crippen LogP) is 5.92. The van der Waals surface area contributed by atoms with Crippen molar-refractivity contribution in [3.05, 3.63) is 76.9 Å². The molecule has 0 saturated heterocycles. The molecule has 0 saturated carbocycles. The Morgan fingerprint density at radius 3 is 2.32 bits per heavy atom. The average molecular weight is 390 g/mol. The van der Waals surface area contributed by atoms with Crippen molar-refractivity contribution in [3.63, 3.8) is 0 Å². The third-order valence-electron chi connectivity index (χ3n) is 4.84. The Labute approximate surface area is 168 Å². The summed E-state index contributed by atoms with van der Waals surface area (Å²) < 4.78 is 2.09. The van der Waals surface area contributed by atoms with Crippen molar-refractivity contribution < 1.29 is 4.79 Å². The van der Waals surface area contributed by atoms with Gasteiger partial charge in [0.15, 0.2) is 4.96 Å². The number of hydrogen-bond donors (Lipinski definition) is 1. The molecule has 28 heavy (non-hydrogen) atoms. The quantitative estimate of drug-likeness (QED) is 0.473. The van der Waals surface area contributed by atoms with Gasteiger partial charge in [-0.15, -0.1) is 11.3 Å². The van der Waals surface area contributed by atoms with E-state index < -0.39 is 0 Å². The lowest BCUT2D eigenvalue weighted by molar-refractivity contribution is 0.102. The number of amides is 1. The highest BCUT2D eigenvalue weighted by Gasteiger charge is 2.14. The molecule has 4 nitrogen and oxygen atoms in total. The molecule has 142 valence electrons. The minimum atomic E-state index is -0.105. The molecule has 2 aromatic carbocycles. The average Bonchev–Trinajstić information content (AvgIpc) is 3.24. The molecule has 0 aliphatic rings. The molecular weight excluding hydrogens is 366 g/mol. The summed E-state index contributed by atoms with van der Waals surface area (Å²) in [6, 6.07) is 15.6. The number of benzene rings is 2. The summed E-state index contributed by atoms with van der Waals surface area (Å²) in [5.41, 5.74) is 5.86. The standard InChI is InChI=1S/C23H23N3OS/c1-15-14-28-22-25-20(13-26(15)22)16-7-11-19(12-8-16)24-21(27)17-5-9-18(10-6-17)23(2,3)4/h5-14H,1-4H3,(H,24,27). The van der Waals surface area contributed by atoms with E-state index >= 15 is 0 Å². The maximum absolute atomic E-state index is 12.5. The van der Waals surface area contributed by atoms with Crippen molar-refractivity contribution in [1.82, 2.24) is 9.38 Å². The lowest BCUT2D eigenvalue weighted by Gasteiger charge is -2.19. The van der Waals surface area contributed by atoms with Crippen LogP contribution in [0.15, 0.2) is 60.1 Å². The van der Waals surface area contributed by atoms with Crippen LogP contribution in [0, 0.1) is 6.92 Å². The van der Waals surface area contributed by atoms with Gasteiger partial charge in [-0.2, -0.15) is 0 Å². The minimum absolute atomic E-state index is 0.0744. The first kappa shape index (κ1) is 18.4. The number of nitrogens with zero attached hydrogens (tertiary/aromatic N) is 2. The van der Waals surface area contributed by atoms with Crippen molar-refractivity contribution in [2.75, 3.05) is 5.32 Å². The smallest absolute Gasteiger partial charge is 0.255 e. The van der Waals surface area contributed by atoms with Gasteiger partial charge >= 0.3 is 0 Å². The van der Waals surface area contributed by atoms with Gasteiger partial charge < -0.3 is 5.32 Å². The molecule has 4 rings (SSSR count). The first-order chi connectivity index (χ1) is 13.3. The molecule has 4 aromatic rings. The topological polar surface area (TPSA) is 46.4 Å². The second-order valence-corrected chi connectivity index (χ2v) is 8.85. The van der Waals surface area contributed by atoms with Crippen LogP contribution in [0.1, 0.15) is 42.4 Å². The number of fused-ring (bicyclic) bond motifs is 1. The zero-order chi connectivity index (χ0) is 19.9. The molecular formula is C23H23N3OS. The molecule has 0 aliphatic heterocycles. The van der Waals surface area contributed by atoms with Gasteiger partial charge in [-0.05, 0) is 42.2 Å². The molecule has 5 heteroatoms. The maximum atomic E-state index is 12.5. The molecule has 0 fully saturated rings. The highest BCUT2D eigenvalue weighted by Crippen LogP contribution is 2.25. The molecule has 0 unspecified atom stereocenters. The van der Waals surface area contributed by atoms with E-state index in [0.29, 0.717) is 5.56 Å². The third kappa shape index (κ3) is 3.58. The van der Waals surface area contributed by atoms with Crippen molar-refractivity contribution in [2.24, 2.45) is 0 Å². The zero-order valence-electron chi connectivity index (χ0n) is 16.5. The summed E-state index contributed by atoms with van der Waals surface area (Å²) in [4.78, 5) is 18.2. The summed E-state index contributed by atoms with van der Waals surface area (Å²) in [7, 11) is 0. The number of carbonyl (C=O) groups is 1. The van der Waals surface area contributed by atoms with Crippen molar-refractivity contribution in [2.45, 2.75) is 33.1 Å². The number of carbonyl (C=O) groups excluding carboxylic acids is 1. The van der Waals surface area contributed by atoms with Crippen LogP contribution in [0.5, 0.6) is 0 Å². The summed E-state index contributed by atoms with van der Waals surface area (Å²) in [5, 5.41) is 5.06. The monoisotopic (exact) mass is 389 g/mol. The Hall–Kier alpha value is -2.92. The number of thiazole rings is 1. The number of anilines is 1. The molecule has 2 aromatic heterocycles. The summed E-state index contributed by atoms with van der Waals surface area (Å²) in [6.45, 7) is 8.56. The fourth-order valence-corrected chi connectivity index (χ4v) is 3.93. The van der Waals surface area contributed by atoms with E-state index in [1.165, 1.54) is 11.3 Å². The number of rotatable bonds is 3. The summed E-state index contributed by atoms with van der Waals surface area (Å²) in [5.74, 6) is -0.105. The third-order valence-corrected chi connectivity index (χ3v) is 5.80. The van der Waals surface area contributed by atoms with Crippen LogP contribution in [0.4, 0.5) is 5.69 Å². The van der Waals surface area contributed by atoms with Crippen LogP contribution >= 0.6 is 11.3 Å². The highest BCUT2D eigenvalue weighted by molar-refractivity contribution is 7.15. The first-order valence-corrected chi connectivity index (χ1v) is 10.1. The van der Waals surface area contributed by atoms with Crippen LogP contribution in [-0.4, -0.2) is 15.3 Å². The van der Waals surface area contributed by atoms with Gasteiger partial charge in [0, 0.05) is 34.1 Å². The van der Waals surface area contributed by atoms with E-state index in [-0.39, 0.29) is 11.3 Å². The minimum Gasteiger partial charge on any atom is -0.322 e. The van der Waals surface area contributed by atoms with Gasteiger partial charge in [0.25, 0.3) is 5.91 Å². The van der Waals surface area contributed by atoms with Crippen molar-refractivity contribution in [3.8, 4) is 11.3 Å². The van der Waals surface area contributed by atoms with Crippen molar-refractivity contribution >= 4 is 27.9 Å². The van der Waals surface area contributed by atoms with Crippen LogP contribution < -0.4 is 5.32 Å². The molecule has 1 amide bonds. The Morgan fingerprint density at radius 1 is 1.04 bits per heavy atom. The molecule has 0 spiro atoms. The van der Waals surface area contributed by atoms with E-state index in [1.54, 1.807) is 11.3 Å². The van der Waals surface area contributed by atoms with Crippen LogP contribution in [0.3, 0.4) is 0 Å². The van der Waals surface area contributed by atoms with Crippen LogP contribution in [0.2, 0.25) is 0 Å². The normalized spacial score (nSPS) is 11.7. The number of nitrogens with one attached hydrogen (secondary N) is 1. The predicted molar refractivity (Wildman–Crippen MR) is 116 cm³/mol. The van der Waals surface area contributed by atoms with Gasteiger partial charge in [-0.3, -0.25) is 9.20 Å². The van der Waals surface area contributed by atoms with E-state index in [1.807, 2.05) is 54.7 Å². The number of aromatic nitrogens is 2. The van der Waals surface area contributed by atoms with E-state index in [9.17, 15) is 4.79 Å². The lowest BCUT2D eigenvalue weighted by Crippen LogP contribution is -2.14. The summed E-state index contributed by atoms with van der Waals surface area (Å²) >= 11 is 1.64. The number of hydrogen-bond acceptors (Lipinski definition) is 3. The van der Waals surface area contributed by atoms with Crippen molar-refractivity contribution in [1.29, 1.82) is 0 Å². The van der Waals surface area contributed by atoms with Crippen LogP contribution in [-0.2, 0) is 5.41 Å². The van der Waals surface area contributed by atoms with Gasteiger partial charge in [-0.1, -0.05) is 45.0 Å². The fraction of sp³-hybridized carbons (Fsp3) is 0.217. The molecule has 0 bridgehead atoms. The van der Waals surface area contributed by atoms with Gasteiger partial charge in [0.05, 0.1) is 5.69 Å². The van der Waals surface area contributed by atoms with Crippen LogP contribution in [0.25, 0.3) is 16.2 Å². The van der Waals surface area contributed by atoms with Gasteiger partial charge in [-0.25, -0.2) is 4.98 Å².